The number of rotatable bonds is 12. The van der Waals surface area contributed by atoms with E-state index in [0.717, 1.165) is 65.1 Å². The molecule has 2 saturated heterocycles. The number of amides is 4. The van der Waals surface area contributed by atoms with E-state index in [-0.39, 0.29) is 73.4 Å². The summed E-state index contributed by atoms with van der Waals surface area (Å²) in [6.07, 6.45) is 11.8. The molecule has 0 radical (unpaired) electrons. The van der Waals surface area contributed by atoms with E-state index in [4.69, 9.17) is 0 Å². The van der Waals surface area contributed by atoms with Crippen LogP contribution in [0, 0.1) is 57.6 Å². The Labute approximate surface area is 415 Å². The van der Waals surface area contributed by atoms with E-state index in [1.54, 1.807) is 27.9 Å². The standard InChI is InChI=1S/C25H20N6O.C16H20N2O2.C10H19NO.2Li/c1-18(32)29-9-11-30(12-10-29)23-6-4-19(5-7-23)21-13-24(20-3-2-8-27-15-20)25-22(14-26)16-28-31(25)17-21;1-3-11(4-2)12-5-7-13(8-6-12)17-14-9-10-15(19)18-16(14)20;1-6-10(5,7-2)9(12)11-8(3)4;;/h2-7,13,15-17H,1,9-12H2;5-8,11,14,17H,1-4,9-10H2,(H,18,19,20);8H,1-2,6-7H2,3-5H3,(H,11,12);;/q3*-2;2*+1. The Bertz CT molecular complexity index is 2380. The summed E-state index contributed by atoms with van der Waals surface area (Å²) in [5.41, 5.74) is 7.95. The summed E-state index contributed by atoms with van der Waals surface area (Å²) in [6.45, 7) is 27.6. The molecule has 2 aliphatic heterocycles. The largest absolute Gasteiger partial charge is 1.00 e. The molecule has 0 spiro atoms. The second-order valence-electron chi connectivity index (χ2n) is 16.4. The van der Waals surface area contributed by atoms with E-state index in [1.807, 2.05) is 57.3 Å². The molecule has 0 bridgehead atoms. The Morgan fingerprint density at radius 3 is 2.11 bits per heavy atom. The number of carbonyl (C=O) groups is 4. The van der Waals surface area contributed by atoms with Gasteiger partial charge in [0.15, 0.2) is 0 Å². The van der Waals surface area contributed by atoms with Gasteiger partial charge in [-0.3, -0.25) is 19.7 Å². The van der Waals surface area contributed by atoms with Crippen LogP contribution in [-0.4, -0.2) is 81.4 Å². The zero-order valence-corrected chi connectivity index (χ0v) is 39.2. The molecule has 0 aliphatic carbocycles. The van der Waals surface area contributed by atoms with Gasteiger partial charge >= 0.3 is 37.7 Å². The van der Waals surface area contributed by atoms with Crippen LogP contribution in [0.1, 0.15) is 76.3 Å². The number of nitrogens with one attached hydrogen (secondary N) is 3. The maximum atomic E-state index is 11.7. The molecule has 338 valence electrons. The number of piperazine rings is 1. The Morgan fingerprint density at radius 1 is 0.924 bits per heavy atom. The quantitative estimate of drug-likeness (QED) is 0.0961. The van der Waals surface area contributed by atoms with Gasteiger partial charge in [0.05, 0.1) is 23.2 Å². The average Bonchev–Trinajstić information content (AvgIpc) is 3.74. The van der Waals surface area contributed by atoms with Crippen LogP contribution >= 0.6 is 0 Å². The fraction of sp³-hybridized carbons (Fsp3) is 0.333. The average molecular weight is 876 g/mol. The van der Waals surface area contributed by atoms with Gasteiger partial charge < -0.3 is 64.8 Å². The summed E-state index contributed by atoms with van der Waals surface area (Å²) in [5, 5.41) is 22.3. The molecular weight excluding hydrogens is 817 g/mol. The first kappa shape index (κ1) is 54.8. The van der Waals surface area contributed by atoms with Crippen LogP contribution in [0.5, 0.6) is 0 Å². The fourth-order valence-corrected chi connectivity index (χ4v) is 7.29. The summed E-state index contributed by atoms with van der Waals surface area (Å²) < 4.78 is 1.75. The topological polar surface area (TPSA) is 165 Å². The number of piperidine rings is 1. The second-order valence-corrected chi connectivity index (χ2v) is 16.4. The first-order valence-corrected chi connectivity index (χ1v) is 21.6. The molecule has 4 amide bonds. The maximum Gasteiger partial charge on any atom is 1.00 e. The third-order valence-corrected chi connectivity index (χ3v) is 11.6. The van der Waals surface area contributed by atoms with Crippen molar-refractivity contribution in [3.8, 4) is 28.3 Å². The third-order valence-electron chi connectivity index (χ3n) is 11.6. The van der Waals surface area contributed by atoms with Crippen molar-refractivity contribution < 1.29 is 56.9 Å². The zero-order valence-electron chi connectivity index (χ0n) is 39.2. The fourth-order valence-electron chi connectivity index (χ4n) is 7.29. The zero-order chi connectivity index (χ0) is 46.4. The maximum absolute atomic E-state index is 11.7. The number of nitriles is 1. The van der Waals surface area contributed by atoms with Gasteiger partial charge in [-0.1, -0.05) is 49.5 Å². The number of benzene rings is 2. The minimum Gasteiger partial charge on any atom is -0.394 e. The van der Waals surface area contributed by atoms with E-state index in [1.165, 1.54) is 5.56 Å². The number of carbonyl (C=O) groups excluding carboxylic acids is 4. The molecule has 2 aromatic carbocycles. The van der Waals surface area contributed by atoms with Gasteiger partial charge in [-0.25, -0.2) is 4.52 Å². The smallest absolute Gasteiger partial charge is 0.394 e. The predicted octanol–water partition coefficient (Wildman–Crippen LogP) is 1.63. The summed E-state index contributed by atoms with van der Waals surface area (Å²) in [4.78, 5) is 53.9. The molecule has 2 aliphatic rings. The molecule has 3 N–H and O–H groups in total. The molecule has 7 rings (SSSR count). The summed E-state index contributed by atoms with van der Waals surface area (Å²) in [5.74, 6) is -0.131. The molecule has 5 aromatic rings. The molecule has 66 heavy (non-hydrogen) atoms. The number of fused-ring (bicyclic) bond motifs is 1. The Balaban J connectivity index is 0.000000292. The van der Waals surface area contributed by atoms with Crippen molar-refractivity contribution in [1.82, 2.24) is 30.1 Å². The number of anilines is 2. The minimum atomic E-state index is -0.399. The number of nitrogens with zero attached hydrogens (tertiary/aromatic N) is 6. The van der Waals surface area contributed by atoms with Gasteiger partial charge in [-0.2, -0.15) is 48.2 Å². The van der Waals surface area contributed by atoms with Gasteiger partial charge in [-0.05, 0) is 72.7 Å². The molecule has 3 aromatic heterocycles. The first-order chi connectivity index (χ1) is 30.7. The van der Waals surface area contributed by atoms with Gasteiger partial charge in [0, 0.05) is 61.8 Å². The van der Waals surface area contributed by atoms with E-state index in [9.17, 15) is 24.4 Å². The Kier molecular flexibility index (Phi) is 21.6. The van der Waals surface area contributed by atoms with Crippen molar-refractivity contribution in [3.05, 3.63) is 137 Å². The molecule has 0 saturated carbocycles. The predicted molar refractivity (Wildman–Crippen MR) is 252 cm³/mol. The van der Waals surface area contributed by atoms with E-state index in [0.29, 0.717) is 50.3 Å². The monoisotopic (exact) mass is 876 g/mol. The van der Waals surface area contributed by atoms with Crippen LogP contribution < -0.4 is 58.6 Å². The van der Waals surface area contributed by atoms with E-state index in [2.05, 4.69) is 108 Å². The van der Waals surface area contributed by atoms with Crippen molar-refractivity contribution in [3.63, 3.8) is 0 Å². The van der Waals surface area contributed by atoms with Gasteiger partial charge in [0.2, 0.25) is 17.7 Å². The number of hydrogen-bond donors (Lipinski definition) is 3. The van der Waals surface area contributed by atoms with Crippen LogP contribution in [0.15, 0.2) is 85.3 Å². The van der Waals surface area contributed by atoms with Crippen molar-refractivity contribution in [2.24, 2.45) is 5.41 Å². The SMILES string of the molecule is [CH2-]C(=O)N1CCN(c2ccc(-c3cc(-c4cc[c-]nc4)c4c(C#N)cnn4c3)cc2)CC1.[CH2-]CC(C)(C[CH2-])C(=O)NC(C)C.[CH2-]CC(C[CH2-])c1ccc(NC2CCC(=O)NC2=O)cc1.[Li+].[Li+]. The molecule has 5 heterocycles. The molecule has 1 atom stereocenters. The third kappa shape index (κ3) is 14.3. The summed E-state index contributed by atoms with van der Waals surface area (Å²) >= 11 is 0. The van der Waals surface area contributed by atoms with E-state index < -0.39 is 5.41 Å². The van der Waals surface area contributed by atoms with Crippen LogP contribution in [0.25, 0.3) is 27.8 Å². The normalized spacial score (nSPS) is 14.6. The second kappa shape index (κ2) is 26.0. The molecular formula is C51H59Li2N9O4-4. The van der Waals surface area contributed by atoms with Gasteiger partial charge in [0.1, 0.15) is 12.1 Å². The molecule has 1 unspecified atom stereocenters. The van der Waals surface area contributed by atoms with Gasteiger partial charge in [-0.15, -0.1) is 5.56 Å². The summed E-state index contributed by atoms with van der Waals surface area (Å²) in [6, 6.07) is 24.2. The molecule has 13 nitrogen and oxygen atoms in total. The number of imide groups is 1. The number of aromatic nitrogens is 3. The van der Waals surface area contributed by atoms with Crippen LogP contribution in [-0.2, 0) is 19.2 Å². The number of pyridine rings is 2. The Morgan fingerprint density at radius 2 is 1.58 bits per heavy atom. The molecule has 15 heteroatoms. The van der Waals surface area contributed by atoms with Crippen LogP contribution in [0.2, 0.25) is 0 Å². The molecule has 2 fully saturated rings. The van der Waals surface area contributed by atoms with E-state index >= 15 is 0 Å². The van der Waals surface area contributed by atoms with Crippen molar-refractivity contribution in [2.75, 3.05) is 36.4 Å². The summed E-state index contributed by atoms with van der Waals surface area (Å²) in [7, 11) is 0. The number of hydrogen-bond acceptors (Lipinski definition) is 9. The van der Waals surface area contributed by atoms with Crippen molar-refractivity contribution in [1.29, 1.82) is 5.26 Å². The van der Waals surface area contributed by atoms with Crippen LogP contribution in [0.4, 0.5) is 11.4 Å². The van der Waals surface area contributed by atoms with Gasteiger partial charge in [0.25, 0.3) is 0 Å². The first-order valence-electron chi connectivity index (χ1n) is 21.6. The minimum absolute atomic E-state index is 0. The van der Waals surface area contributed by atoms with Crippen LogP contribution in [0.3, 0.4) is 0 Å². The Hall–Kier alpha value is -5.49. The van der Waals surface area contributed by atoms with Crippen molar-refractivity contribution in [2.45, 2.75) is 77.3 Å². The van der Waals surface area contributed by atoms with Crippen molar-refractivity contribution >= 4 is 40.5 Å².